The van der Waals surface area contributed by atoms with E-state index in [1.807, 2.05) is 48.2 Å². The average Bonchev–Trinajstić information content (AvgIpc) is 2.72. The van der Waals surface area contributed by atoms with Crippen molar-refractivity contribution in [3.8, 4) is 0 Å². The Morgan fingerprint density at radius 1 is 1.20 bits per heavy atom. The minimum Gasteiger partial charge on any atom is -0.317 e. The first kappa shape index (κ1) is 22.6. The maximum Gasteiger partial charge on any atom is 0.322 e. The number of nitrogens with one attached hydrogen (secondary N) is 1. The Hall–Kier alpha value is -2.04. The van der Waals surface area contributed by atoms with Gasteiger partial charge in [-0.3, -0.25) is 0 Å². The Labute approximate surface area is 186 Å². The summed E-state index contributed by atoms with van der Waals surface area (Å²) in [6.07, 6.45) is 4.45. The summed E-state index contributed by atoms with van der Waals surface area (Å²) in [5.41, 5.74) is 2.93. The molecular weight excluding hydrogens is 394 g/mol. The first-order valence-electron chi connectivity index (χ1n) is 11.1. The zero-order valence-electron chi connectivity index (χ0n) is 18.4. The van der Waals surface area contributed by atoms with Gasteiger partial charge in [0.1, 0.15) is 0 Å². The highest BCUT2D eigenvalue weighted by Gasteiger charge is 2.29. The summed E-state index contributed by atoms with van der Waals surface area (Å²) in [6.45, 7) is 9.24. The van der Waals surface area contributed by atoms with E-state index in [9.17, 15) is 4.79 Å². The third kappa shape index (κ3) is 6.23. The number of nitrogens with zero attached hydrogens (tertiary/aromatic N) is 2. The summed E-state index contributed by atoms with van der Waals surface area (Å²) < 4.78 is 0. The van der Waals surface area contributed by atoms with Gasteiger partial charge in [0.05, 0.1) is 0 Å². The van der Waals surface area contributed by atoms with Crippen LogP contribution in [0.15, 0.2) is 48.5 Å². The van der Waals surface area contributed by atoms with Crippen molar-refractivity contribution < 1.29 is 4.79 Å². The summed E-state index contributed by atoms with van der Waals surface area (Å²) >= 11 is 6.19. The van der Waals surface area contributed by atoms with E-state index in [2.05, 4.69) is 36.2 Å². The normalized spacial score (nSPS) is 16.3. The van der Waals surface area contributed by atoms with Crippen LogP contribution in [0.5, 0.6) is 0 Å². The van der Waals surface area contributed by atoms with Gasteiger partial charge >= 0.3 is 6.03 Å². The molecular formula is C25H34ClN3O. The zero-order valence-corrected chi connectivity index (χ0v) is 19.2. The van der Waals surface area contributed by atoms with Crippen LogP contribution in [0.1, 0.15) is 50.7 Å². The second-order valence-electron chi connectivity index (χ2n) is 8.47. The second-order valence-corrected chi connectivity index (χ2v) is 8.90. The molecule has 2 amide bonds. The molecule has 1 saturated heterocycles. The highest BCUT2D eigenvalue weighted by atomic mass is 35.5. The molecule has 1 aliphatic heterocycles. The van der Waals surface area contributed by atoms with Crippen LogP contribution in [0.25, 0.3) is 0 Å². The molecule has 0 spiro atoms. The van der Waals surface area contributed by atoms with E-state index in [0.717, 1.165) is 42.7 Å². The number of piperidine rings is 1. The zero-order chi connectivity index (χ0) is 21.5. The molecule has 2 aromatic rings. The van der Waals surface area contributed by atoms with Gasteiger partial charge in [-0.15, -0.1) is 0 Å². The van der Waals surface area contributed by atoms with E-state index < -0.39 is 0 Å². The molecule has 1 N–H and O–H groups in total. The van der Waals surface area contributed by atoms with E-state index in [1.54, 1.807) is 0 Å². The number of likely N-dealkylation sites (tertiary alicyclic amines) is 1. The van der Waals surface area contributed by atoms with Gasteiger partial charge in [0.15, 0.2) is 0 Å². The van der Waals surface area contributed by atoms with Crippen molar-refractivity contribution in [1.82, 2.24) is 9.80 Å². The van der Waals surface area contributed by atoms with Crippen LogP contribution in [0.4, 0.5) is 10.5 Å². The predicted molar refractivity (Wildman–Crippen MR) is 126 cm³/mol. The quantitative estimate of drug-likeness (QED) is 0.559. The van der Waals surface area contributed by atoms with E-state index in [-0.39, 0.29) is 12.1 Å². The fraction of sp³-hybridized carbons (Fsp3) is 0.480. The minimum atomic E-state index is -0.0550. The number of halogens is 1. The fourth-order valence-corrected chi connectivity index (χ4v) is 4.68. The van der Waals surface area contributed by atoms with Gasteiger partial charge in [-0.05, 0) is 62.4 Å². The molecule has 1 unspecified atom stereocenters. The Balaban J connectivity index is 1.73. The van der Waals surface area contributed by atoms with Crippen LogP contribution >= 0.6 is 11.6 Å². The van der Waals surface area contributed by atoms with Crippen LogP contribution in [0.2, 0.25) is 5.02 Å². The number of benzene rings is 2. The molecule has 5 heteroatoms. The van der Waals surface area contributed by atoms with E-state index in [0.29, 0.717) is 17.6 Å². The fourth-order valence-electron chi connectivity index (χ4n) is 4.39. The molecule has 162 valence electrons. The van der Waals surface area contributed by atoms with Crippen molar-refractivity contribution in [2.75, 3.05) is 18.4 Å². The third-order valence-corrected chi connectivity index (χ3v) is 6.24. The molecule has 1 aliphatic rings. The molecule has 0 aliphatic carbocycles. The third-order valence-electron chi connectivity index (χ3n) is 6.02. The Bertz CT molecular complexity index is 798. The Kier molecular flexibility index (Phi) is 8.17. The molecule has 3 rings (SSSR count). The number of carbonyl (C=O) groups excluding carboxylic acids is 1. The van der Waals surface area contributed by atoms with Crippen molar-refractivity contribution in [1.29, 1.82) is 0 Å². The van der Waals surface area contributed by atoms with Crippen LogP contribution in [0, 0.1) is 6.92 Å². The number of rotatable bonds is 7. The largest absolute Gasteiger partial charge is 0.322 e. The second kappa shape index (κ2) is 10.8. The molecule has 0 bridgehead atoms. The number of aryl methyl sites for hydroxylation is 1. The molecule has 0 radical (unpaired) electrons. The number of hydrogen-bond donors (Lipinski definition) is 1. The first-order chi connectivity index (χ1) is 14.5. The molecule has 0 aromatic heterocycles. The topological polar surface area (TPSA) is 35.6 Å². The monoisotopic (exact) mass is 427 g/mol. The van der Waals surface area contributed by atoms with Gasteiger partial charge in [0, 0.05) is 42.4 Å². The van der Waals surface area contributed by atoms with E-state index >= 15 is 0 Å². The predicted octanol–water partition coefficient (Wildman–Crippen LogP) is 6.34. The van der Waals surface area contributed by atoms with Gasteiger partial charge in [0.25, 0.3) is 0 Å². The van der Waals surface area contributed by atoms with Gasteiger partial charge < -0.3 is 15.1 Å². The SMILES string of the molecule is CCCC(C)N1CCC(N(Cc2ccccc2)C(=O)Nc2cc(C)cc(Cl)c2)CC1. The Morgan fingerprint density at radius 3 is 2.53 bits per heavy atom. The van der Waals surface area contributed by atoms with Crippen molar-refractivity contribution in [3.63, 3.8) is 0 Å². The maximum absolute atomic E-state index is 13.3. The molecule has 4 nitrogen and oxygen atoms in total. The van der Waals surface area contributed by atoms with Crippen LogP contribution in [-0.2, 0) is 6.54 Å². The summed E-state index contributed by atoms with van der Waals surface area (Å²) in [5, 5.41) is 3.72. The number of urea groups is 1. The lowest BCUT2D eigenvalue weighted by atomic mass is 10.00. The standard InChI is InChI=1S/C25H34ClN3O/c1-4-8-20(3)28-13-11-24(12-14-28)29(18-21-9-6-5-7-10-21)25(30)27-23-16-19(2)15-22(26)17-23/h5-7,9-10,15-17,20,24H,4,8,11-14,18H2,1-3H3,(H,27,30). The van der Waals surface area contributed by atoms with Crippen LogP contribution < -0.4 is 5.32 Å². The lowest BCUT2D eigenvalue weighted by Gasteiger charge is -2.40. The van der Waals surface area contributed by atoms with Gasteiger partial charge in [-0.2, -0.15) is 0 Å². The van der Waals surface area contributed by atoms with E-state index in [1.165, 1.54) is 12.8 Å². The van der Waals surface area contributed by atoms with Crippen molar-refractivity contribution in [2.24, 2.45) is 0 Å². The van der Waals surface area contributed by atoms with Crippen LogP contribution in [-0.4, -0.2) is 41.0 Å². The number of amides is 2. The summed E-state index contributed by atoms with van der Waals surface area (Å²) in [4.78, 5) is 17.9. The smallest absolute Gasteiger partial charge is 0.317 e. The maximum atomic E-state index is 13.3. The first-order valence-corrected chi connectivity index (χ1v) is 11.5. The number of anilines is 1. The van der Waals surface area contributed by atoms with E-state index in [4.69, 9.17) is 11.6 Å². The molecule has 1 fully saturated rings. The summed E-state index contributed by atoms with van der Waals surface area (Å²) in [7, 11) is 0. The van der Waals surface area contributed by atoms with Crippen LogP contribution in [0.3, 0.4) is 0 Å². The number of carbonyl (C=O) groups is 1. The van der Waals surface area contributed by atoms with Gasteiger partial charge in [0.2, 0.25) is 0 Å². The molecule has 30 heavy (non-hydrogen) atoms. The molecule has 0 saturated carbocycles. The lowest BCUT2D eigenvalue weighted by molar-refractivity contribution is 0.0989. The summed E-state index contributed by atoms with van der Waals surface area (Å²) in [5.74, 6) is 0. The number of hydrogen-bond acceptors (Lipinski definition) is 2. The van der Waals surface area contributed by atoms with Gasteiger partial charge in [-0.25, -0.2) is 4.79 Å². The molecule has 1 heterocycles. The average molecular weight is 428 g/mol. The highest BCUT2D eigenvalue weighted by Crippen LogP contribution is 2.24. The van der Waals surface area contributed by atoms with Crippen molar-refractivity contribution >= 4 is 23.3 Å². The van der Waals surface area contributed by atoms with Crippen molar-refractivity contribution in [2.45, 2.75) is 65.1 Å². The Morgan fingerprint density at radius 2 is 1.90 bits per heavy atom. The van der Waals surface area contributed by atoms with Gasteiger partial charge in [-0.1, -0.05) is 55.3 Å². The molecule has 1 atom stereocenters. The highest BCUT2D eigenvalue weighted by molar-refractivity contribution is 6.31. The lowest BCUT2D eigenvalue weighted by Crippen LogP contribution is -2.50. The minimum absolute atomic E-state index is 0.0550. The molecule has 2 aromatic carbocycles. The summed E-state index contributed by atoms with van der Waals surface area (Å²) in [6, 6.07) is 16.7. The van der Waals surface area contributed by atoms with Crippen molar-refractivity contribution in [3.05, 3.63) is 64.7 Å².